The lowest BCUT2D eigenvalue weighted by Crippen LogP contribution is -2.36. The molecule has 0 aliphatic rings. The summed E-state index contributed by atoms with van der Waals surface area (Å²) in [6.07, 6.45) is 1.51. The minimum Gasteiger partial charge on any atom is -0.399 e. The predicted octanol–water partition coefficient (Wildman–Crippen LogP) is 2.73. The molecule has 18 heavy (non-hydrogen) atoms. The minimum atomic E-state index is -3.59. The van der Waals surface area contributed by atoms with Crippen molar-refractivity contribution in [2.75, 3.05) is 12.8 Å². The summed E-state index contributed by atoms with van der Waals surface area (Å²) in [5, 5.41) is 0.196. The number of hydrogen-bond acceptors (Lipinski definition) is 3. The summed E-state index contributed by atoms with van der Waals surface area (Å²) in [7, 11) is -2.02. The van der Waals surface area contributed by atoms with Crippen LogP contribution in [0.2, 0.25) is 5.02 Å². The molecule has 0 aromatic heterocycles. The third-order valence-electron chi connectivity index (χ3n) is 3.07. The molecule has 1 aromatic rings. The predicted molar refractivity (Wildman–Crippen MR) is 75.2 cm³/mol. The number of halogens is 1. The molecule has 0 aliphatic carbocycles. The highest BCUT2D eigenvalue weighted by Crippen LogP contribution is 2.28. The first-order chi connectivity index (χ1) is 8.34. The fraction of sp³-hybridized carbons (Fsp3) is 0.500. The standard InChI is InChI=1S/C12H19ClN2O2S/c1-4-10(5-2)15(3)18(16,17)12-8-9(14)6-7-11(12)13/h6-8,10H,4-5,14H2,1-3H3. The van der Waals surface area contributed by atoms with Gasteiger partial charge >= 0.3 is 0 Å². The zero-order valence-corrected chi connectivity index (χ0v) is 12.4. The molecule has 0 radical (unpaired) electrons. The van der Waals surface area contributed by atoms with E-state index >= 15 is 0 Å². The van der Waals surface area contributed by atoms with E-state index in [1.165, 1.54) is 16.4 Å². The van der Waals surface area contributed by atoms with E-state index in [0.717, 1.165) is 12.8 Å². The summed E-state index contributed by atoms with van der Waals surface area (Å²) in [5.74, 6) is 0. The SMILES string of the molecule is CCC(CC)N(C)S(=O)(=O)c1cc(N)ccc1Cl. The Kier molecular flexibility index (Phi) is 5.01. The first-order valence-electron chi connectivity index (χ1n) is 5.87. The van der Waals surface area contributed by atoms with E-state index in [2.05, 4.69) is 0 Å². The molecule has 0 heterocycles. The van der Waals surface area contributed by atoms with Crippen molar-refractivity contribution >= 4 is 27.3 Å². The summed E-state index contributed by atoms with van der Waals surface area (Å²) in [6, 6.07) is 4.45. The molecule has 0 bridgehead atoms. The first kappa shape index (κ1) is 15.3. The monoisotopic (exact) mass is 290 g/mol. The quantitative estimate of drug-likeness (QED) is 0.848. The lowest BCUT2D eigenvalue weighted by molar-refractivity contribution is 0.350. The number of rotatable bonds is 5. The Labute approximate surface area is 114 Å². The Morgan fingerprint density at radius 2 is 1.89 bits per heavy atom. The van der Waals surface area contributed by atoms with Crippen LogP contribution in [0.15, 0.2) is 23.1 Å². The van der Waals surface area contributed by atoms with Gasteiger partial charge in [0, 0.05) is 18.8 Å². The van der Waals surface area contributed by atoms with Gasteiger partial charge in [-0.1, -0.05) is 25.4 Å². The molecule has 4 nitrogen and oxygen atoms in total. The van der Waals surface area contributed by atoms with Crippen molar-refractivity contribution in [3.63, 3.8) is 0 Å². The molecule has 6 heteroatoms. The molecule has 1 aromatic carbocycles. The highest BCUT2D eigenvalue weighted by molar-refractivity contribution is 7.89. The van der Waals surface area contributed by atoms with Gasteiger partial charge in [-0.2, -0.15) is 4.31 Å². The fourth-order valence-corrected chi connectivity index (χ4v) is 3.88. The van der Waals surface area contributed by atoms with E-state index < -0.39 is 10.0 Å². The van der Waals surface area contributed by atoms with Gasteiger partial charge in [-0.05, 0) is 31.0 Å². The number of nitrogen functional groups attached to an aromatic ring is 1. The molecular weight excluding hydrogens is 272 g/mol. The molecule has 0 amide bonds. The number of sulfonamides is 1. The van der Waals surface area contributed by atoms with Crippen LogP contribution >= 0.6 is 11.6 Å². The number of hydrogen-bond donors (Lipinski definition) is 1. The maximum Gasteiger partial charge on any atom is 0.244 e. The van der Waals surface area contributed by atoms with Crippen LogP contribution in [0, 0.1) is 0 Å². The van der Waals surface area contributed by atoms with Crippen LogP contribution in [0.5, 0.6) is 0 Å². The molecule has 0 spiro atoms. The Morgan fingerprint density at radius 3 is 2.39 bits per heavy atom. The largest absolute Gasteiger partial charge is 0.399 e. The van der Waals surface area contributed by atoms with Crippen molar-refractivity contribution in [3.05, 3.63) is 23.2 Å². The molecule has 0 saturated heterocycles. The van der Waals surface area contributed by atoms with Gasteiger partial charge in [-0.25, -0.2) is 8.42 Å². The van der Waals surface area contributed by atoms with E-state index in [9.17, 15) is 8.42 Å². The van der Waals surface area contributed by atoms with E-state index in [-0.39, 0.29) is 16.0 Å². The second kappa shape index (κ2) is 5.91. The fourth-order valence-electron chi connectivity index (χ4n) is 1.87. The minimum absolute atomic E-state index is 0.0347. The van der Waals surface area contributed by atoms with Crippen LogP contribution in [-0.2, 0) is 10.0 Å². The Bertz CT molecular complexity index is 513. The average molecular weight is 291 g/mol. The molecule has 0 aliphatic heterocycles. The van der Waals surface area contributed by atoms with E-state index in [0.29, 0.717) is 5.69 Å². The van der Waals surface area contributed by atoms with Crippen molar-refractivity contribution in [2.45, 2.75) is 37.6 Å². The van der Waals surface area contributed by atoms with Gasteiger partial charge in [0.05, 0.1) is 5.02 Å². The van der Waals surface area contributed by atoms with Crippen molar-refractivity contribution in [2.24, 2.45) is 0 Å². The van der Waals surface area contributed by atoms with Crippen LogP contribution in [0.3, 0.4) is 0 Å². The normalized spacial score (nSPS) is 12.3. The smallest absolute Gasteiger partial charge is 0.244 e. The lowest BCUT2D eigenvalue weighted by atomic mass is 10.2. The highest BCUT2D eigenvalue weighted by atomic mass is 35.5. The summed E-state index contributed by atoms with van der Waals surface area (Å²) < 4.78 is 26.3. The second-order valence-corrected chi connectivity index (χ2v) is 6.55. The zero-order valence-electron chi connectivity index (χ0n) is 10.9. The zero-order chi connectivity index (χ0) is 13.9. The first-order valence-corrected chi connectivity index (χ1v) is 7.69. The van der Waals surface area contributed by atoms with Crippen molar-refractivity contribution in [1.29, 1.82) is 0 Å². The summed E-state index contributed by atoms with van der Waals surface area (Å²) in [4.78, 5) is 0.0681. The van der Waals surface area contributed by atoms with Crippen molar-refractivity contribution < 1.29 is 8.42 Å². The van der Waals surface area contributed by atoms with Crippen LogP contribution in [0.25, 0.3) is 0 Å². The second-order valence-electron chi connectivity index (χ2n) is 4.18. The number of nitrogens with two attached hydrogens (primary N) is 1. The molecule has 102 valence electrons. The maximum atomic E-state index is 12.5. The Morgan fingerprint density at radius 1 is 1.33 bits per heavy atom. The van der Waals surface area contributed by atoms with Crippen LogP contribution < -0.4 is 5.73 Å². The van der Waals surface area contributed by atoms with Crippen molar-refractivity contribution in [1.82, 2.24) is 4.31 Å². The summed E-state index contributed by atoms with van der Waals surface area (Å²) in [5.41, 5.74) is 6.01. The van der Waals surface area contributed by atoms with Gasteiger partial charge < -0.3 is 5.73 Å². The van der Waals surface area contributed by atoms with E-state index in [1.807, 2.05) is 13.8 Å². The van der Waals surface area contributed by atoms with Gasteiger partial charge in [0.15, 0.2) is 0 Å². The lowest BCUT2D eigenvalue weighted by Gasteiger charge is -2.26. The maximum absolute atomic E-state index is 12.5. The summed E-state index contributed by atoms with van der Waals surface area (Å²) in [6.45, 7) is 3.92. The van der Waals surface area contributed by atoms with Crippen LogP contribution in [0.4, 0.5) is 5.69 Å². The van der Waals surface area contributed by atoms with Crippen molar-refractivity contribution in [3.8, 4) is 0 Å². The summed E-state index contributed by atoms with van der Waals surface area (Å²) >= 11 is 5.95. The van der Waals surface area contributed by atoms with Gasteiger partial charge in [0.1, 0.15) is 4.90 Å². The van der Waals surface area contributed by atoms with Gasteiger partial charge in [0.2, 0.25) is 10.0 Å². The molecule has 0 fully saturated rings. The van der Waals surface area contributed by atoms with E-state index in [4.69, 9.17) is 17.3 Å². The number of benzene rings is 1. The Balaban J connectivity index is 3.25. The molecular formula is C12H19ClN2O2S. The molecule has 0 atom stereocenters. The molecule has 2 N–H and O–H groups in total. The van der Waals surface area contributed by atoms with Crippen LogP contribution in [-0.4, -0.2) is 25.8 Å². The van der Waals surface area contributed by atoms with Crippen LogP contribution in [0.1, 0.15) is 26.7 Å². The third kappa shape index (κ3) is 2.96. The Hall–Kier alpha value is -0.780. The van der Waals surface area contributed by atoms with Gasteiger partial charge in [0.25, 0.3) is 0 Å². The number of nitrogens with zero attached hydrogens (tertiary/aromatic N) is 1. The molecule has 0 unspecified atom stereocenters. The third-order valence-corrected chi connectivity index (χ3v) is 5.46. The van der Waals surface area contributed by atoms with Gasteiger partial charge in [-0.15, -0.1) is 0 Å². The number of anilines is 1. The average Bonchev–Trinajstić information content (AvgIpc) is 2.33. The van der Waals surface area contributed by atoms with Gasteiger partial charge in [-0.3, -0.25) is 0 Å². The highest BCUT2D eigenvalue weighted by Gasteiger charge is 2.28. The molecule has 0 saturated carbocycles. The topological polar surface area (TPSA) is 63.4 Å². The molecule has 1 rings (SSSR count). The van der Waals surface area contributed by atoms with E-state index in [1.54, 1.807) is 13.1 Å².